The van der Waals surface area contributed by atoms with E-state index in [1.54, 1.807) is 11.6 Å². The van der Waals surface area contributed by atoms with Gasteiger partial charge in [-0.3, -0.25) is 4.57 Å². The molecule has 0 amide bonds. The number of hydrogen-bond donors (Lipinski definition) is 2. The molecule has 0 aliphatic rings. The molecule has 0 fully saturated rings. The van der Waals surface area contributed by atoms with Crippen LogP contribution in [0, 0.1) is 0 Å². The predicted octanol–water partition coefficient (Wildman–Crippen LogP) is 1.54. The van der Waals surface area contributed by atoms with Gasteiger partial charge in [-0.15, -0.1) is 0 Å². The van der Waals surface area contributed by atoms with Crippen LogP contribution in [-0.4, -0.2) is 16.1 Å². The average Bonchev–Trinajstić information content (AvgIpc) is 2.61. The fraction of sp³-hybridized carbons (Fsp3) is 0.462. The summed E-state index contributed by atoms with van der Waals surface area (Å²) in [5.41, 5.74) is 8.57. The van der Waals surface area contributed by atoms with Crippen molar-refractivity contribution in [1.82, 2.24) is 9.55 Å². The zero-order valence-corrected chi connectivity index (χ0v) is 10.2. The predicted molar refractivity (Wildman–Crippen MR) is 70.1 cm³/mol. The summed E-state index contributed by atoms with van der Waals surface area (Å²) in [6.45, 7) is 0.769. The molecule has 0 spiro atoms. The van der Waals surface area contributed by atoms with E-state index in [4.69, 9.17) is 5.73 Å². The van der Waals surface area contributed by atoms with Crippen molar-refractivity contribution in [2.24, 2.45) is 12.8 Å². The average molecular weight is 233 g/mol. The van der Waals surface area contributed by atoms with Crippen LogP contribution < -0.4 is 11.4 Å². The van der Waals surface area contributed by atoms with E-state index in [2.05, 4.69) is 17.1 Å². The maximum atomic E-state index is 11.4. The second kappa shape index (κ2) is 5.19. The number of aryl methyl sites for hydroxylation is 2. The summed E-state index contributed by atoms with van der Waals surface area (Å²) in [7, 11) is 1.79. The minimum Gasteiger partial charge on any atom is -0.330 e. The topological polar surface area (TPSA) is 63.8 Å². The molecule has 17 heavy (non-hydrogen) atoms. The van der Waals surface area contributed by atoms with E-state index in [9.17, 15) is 4.79 Å². The molecule has 0 aliphatic carbocycles. The molecule has 1 aromatic carbocycles. The maximum absolute atomic E-state index is 11.4. The number of imidazole rings is 1. The van der Waals surface area contributed by atoms with Crippen molar-refractivity contribution in [3.63, 3.8) is 0 Å². The summed E-state index contributed by atoms with van der Waals surface area (Å²) in [6, 6.07) is 6.16. The van der Waals surface area contributed by atoms with Crippen molar-refractivity contribution in [3.8, 4) is 0 Å². The van der Waals surface area contributed by atoms with Crippen LogP contribution in [0.5, 0.6) is 0 Å². The monoisotopic (exact) mass is 233 g/mol. The van der Waals surface area contributed by atoms with Crippen molar-refractivity contribution in [3.05, 3.63) is 34.2 Å². The highest BCUT2D eigenvalue weighted by Crippen LogP contribution is 2.14. The fourth-order valence-electron chi connectivity index (χ4n) is 2.07. The molecule has 92 valence electrons. The van der Waals surface area contributed by atoms with Crippen molar-refractivity contribution < 1.29 is 0 Å². The molecule has 0 aliphatic heterocycles. The van der Waals surface area contributed by atoms with E-state index in [1.807, 2.05) is 6.07 Å². The van der Waals surface area contributed by atoms with Gasteiger partial charge in [0, 0.05) is 7.05 Å². The second-order valence-corrected chi connectivity index (χ2v) is 4.44. The third-order valence-corrected chi connectivity index (χ3v) is 3.14. The first-order valence-corrected chi connectivity index (χ1v) is 6.10. The highest BCUT2D eigenvalue weighted by Gasteiger charge is 2.03. The molecule has 1 aromatic heterocycles. The van der Waals surface area contributed by atoms with Gasteiger partial charge in [0.1, 0.15) is 0 Å². The van der Waals surface area contributed by atoms with E-state index in [-0.39, 0.29) is 5.69 Å². The summed E-state index contributed by atoms with van der Waals surface area (Å²) in [4.78, 5) is 14.3. The first kappa shape index (κ1) is 11.9. The van der Waals surface area contributed by atoms with Crippen molar-refractivity contribution >= 4 is 11.0 Å². The lowest BCUT2D eigenvalue weighted by atomic mass is 10.1. The zero-order valence-electron chi connectivity index (χ0n) is 10.2. The Hall–Kier alpha value is -1.55. The fourth-order valence-corrected chi connectivity index (χ4v) is 2.07. The molecular weight excluding hydrogens is 214 g/mol. The molecule has 0 unspecified atom stereocenters. The molecule has 0 saturated carbocycles. The zero-order chi connectivity index (χ0) is 12.3. The van der Waals surface area contributed by atoms with E-state index < -0.39 is 0 Å². The van der Waals surface area contributed by atoms with Crippen molar-refractivity contribution in [2.45, 2.75) is 25.7 Å². The summed E-state index contributed by atoms with van der Waals surface area (Å²) in [6.07, 6.45) is 4.46. The van der Waals surface area contributed by atoms with Gasteiger partial charge in [0.2, 0.25) is 0 Å². The smallest absolute Gasteiger partial charge is 0.326 e. The third kappa shape index (κ3) is 2.58. The van der Waals surface area contributed by atoms with Crippen LogP contribution in [0.4, 0.5) is 0 Å². The number of aromatic nitrogens is 2. The number of nitrogens with two attached hydrogens (primary N) is 1. The Morgan fingerprint density at radius 3 is 2.88 bits per heavy atom. The summed E-state index contributed by atoms with van der Waals surface area (Å²) >= 11 is 0. The number of fused-ring (bicyclic) bond motifs is 1. The van der Waals surface area contributed by atoms with E-state index >= 15 is 0 Å². The largest absolute Gasteiger partial charge is 0.330 e. The number of H-pyrrole nitrogens is 1. The molecule has 3 N–H and O–H groups in total. The van der Waals surface area contributed by atoms with Gasteiger partial charge in [0.05, 0.1) is 11.0 Å². The Labute approximate surface area is 100 Å². The number of benzene rings is 1. The molecule has 2 aromatic rings. The van der Waals surface area contributed by atoms with Crippen LogP contribution in [0.15, 0.2) is 23.0 Å². The van der Waals surface area contributed by atoms with Crippen molar-refractivity contribution in [1.29, 1.82) is 0 Å². The second-order valence-electron chi connectivity index (χ2n) is 4.44. The van der Waals surface area contributed by atoms with Crippen molar-refractivity contribution in [2.75, 3.05) is 6.54 Å². The van der Waals surface area contributed by atoms with Gasteiger partial charge in [0.25, 0.3) is 0 Å². The SMILES string of the molecule is Cn1c(=O)[nH]c2ccc(CCCCCN)cc21. The molecular formula is C13H19N3O. The Morgan fingerprint density at radius 1 is 1.29 bits per heavy atom. The van der Waals surface area contributed by atoms with Gasteiger partial charge in [0.15, 0.2) is 0 Å². The van der Waals surface area contributed by atoms with Crippen LogP contribution in [0.1, 0.15) is 24.8 Å². The van der Waals surface area contributed by atoms with E-state index in [0.717, 1.165) is 36.8 Å². The number of nitrogens with one attached hydrogen (secondary N) is 1. The molecule has 0 bridgehead atoms. The van der Waals surface area contributed by atoms with Gasteiger partial charge in [-0.1, -0.05) is 12.5 Å². The highest BCUT2D eigenvalue weighted by atomic mass is 16.1. The lowest BCUT2D eigenvalue weighted by Crippen LogP contribution is -2.11. The number of unbranched alkanes of at least 4 members (excludes halogenated alkanes) is 2. The molecule has 4 nitrogen and oxygen atoms in total. The summed E-state index contributed by atoms with van der Waals surface area (Å²) in [5, 5.41) is 0. The number of rotatable bonds is 5. The molecule has 2 rings (SSSR count). The van der Waals surface area contributed by atoms with Crippen LogP contribution in [0.25, 0.3) is 11.0 Å². The van der Waals surface area contributed by atoms with Gasteiger partial charge >= 0.3 is 5.69 Å². The summed E-state index contributed by atoms with van der Waals surface area (Å²) < 4.78 is 1.65. The van der Waals surface area contributed by atoms with Crippen LogP contribution in [0.3, 0.4) is 0 Å². The normalized spacial score (nSPS) is 11.2. The van der Waals surface area contributed by atoms with Gasteiger partial charge in [-0.25, -0.2) is 4.79 Å². The molecule has 0 saturated heterocycles. The maximum Gasteiger partial charge on any atom is 0.326 e. The van der Waals surface area contributed by atoms with Gasteiger partial charge in [-0.2, -0.15) is 0 Å². The minimum absolute atomic E-state index is 0.0553. The van der Waals surface area contributed by atoms with E-state index in [1.165, 1.54) is 12.0 Å². The first-order valence-electron chi connectivity index (χ1n) is 6.10. The van der Waals surface area contributed by atoms with Crippen LogP contribution >= 0.6 is 0 Å². The van der Waals surface area contributed by atoms with Gasteiger partial charge < -0.3 is 10.7 Å². The minimum atomic E-state index is -0.0553. The standard InChI is InChI=1S/C13H19N3O/c1-16-12-9-10(5-3-2-4-8-14)6-7-11(12)15-13(16)17/h6-7,9H,2-5,8,14H2,1H3,(H,15,17). The summed E-state index contributed by atoms with van der Waals surface area (Å²) in [5.74, 6) is 0. The first-order chi connectivity index (χ1) is 8.22. The van der Waals surface area contributed by atoms with Crippen LogP contribution in [-0.2, 0) is 13.5 Å². The Morgan fingerprint density at radius 2 is 2.12 bits per heavy atom. The van der Waals surface area contributed by atoms with Crippen LogP contribution in [0.2, 0.25) is 0 Å². The molecule has 0 atom stereocenters. The lowest BCUT2D eigenvalue weighted by Gasteiger charge is -2.02. The third-order valence-electron chi connectivity index (χ3n) is 3.14. The molecule has 1 heterocycles. The quantitative estimate of drug-likeness (QED) is 0.769. The number of hydrogen-bond acceptors (Lipinski definition) is 2. The molecule has 4 heteroatoms. The number of nitrogens with zero attached hydrogens (tertiary/aromatic N) is 1. The number of aromatic amines is 1. The van der Waals surface area contributed by atoms with E-state index in [0.29, 0.717) is 0 Å². The lowest BCUT2D eigenvalue weighted by molar-refractivity contribution is 0.687. The van der Waals surface area contributed by atoms with Gasteiger partial charge in [-0.05, 0) is 43.5 Å². The Balaban J connectivity index is 2.14. The molecule has 0 radical (unpaired) electrons. The Kier molecular flexibility index (Phi) is 3.64. The Bertz CT molecular complexity index is 553. The highest BCUT2D eigenvalue weighted by molar-refractivity contribution is 5.75.